The fourth-order valence-corrected chi connectivity index (χ4v) is 2.06. The van der Waals surface area contributed by atoms with Crippen LogP contribution < -0.4 is 5.32 Å². The Labute approximate surface area is 81.7 Å². The molecule has 13 heavy (non-hydrogen) atoms. The van der Waals surface area contributed by atoms with Gasteiger partial charge in [-0.1, -0.05) is 13.3 Å². The van der Waals surface area contributed by atoms with Crippen molar-refractivity contribution < 1.29 is 0 Å². The average Bonchev–Trinajstić information content (AvgIpc) is 2.84. The Kier molecular flexibility index (Phi) is 3.23. The lowest BCUT2D eigenvalue weighted by Crippen LogP contribution is -2.41. The summed E-state index contributed by atoms with van der Waals surface area (Å²) in [6, 6.07) is 1.80. The van der Waals surface area contributed by atoms with Gasteiger partial charge < -0.3 is 5.32 Å². The molecule has 0 unspecified atom stereocenters. The molecular weight excluding hydrogens is 160 g/mol. The van der Waals surface area contributed by atoms with E-state index in [0.717, 1.165) is 12.1 Å². The van der Waals surface area contributed by atoms with Crippen molar-refractivity contribution in [3.63, 3.8) is 0 Å². The van der Waals surface area contributed by atoms with E-state index in [4.69, 9.17) is 0 Å². The predicted octanol–water partition coefficient (Wildman–Crippen LogP) is 1.61. The highest BCUT2D eigenvalue weighted by Crippen LogP contribution is 2.26. The number of likely N-dealkylation sites (N-methyl/N-ethyl adjacent to an activating group) is 1. The van der Waals surface area contributed by atoms with Gasteiger partial charge in [0, 0.05) is 25.2 Å². The summed E-state index contributed by atoms with van der Waals surface area (Å²) in [7, 11) is 0. The van der Waals surface area contributed by atoms with Gasteiger partial charge in [-0.3, -0.25) is 4.90 Å². The van der Waals surface area contributed by atoms with E-state index >= 15 is 0 Å². The lowest BCUT2D eigenvalue weighted by molar-refractivity contribution is 0.256. The zero-order valence-corrected chi connectivity index (χ0v) is 8.76. The minimum atomic E-state index is 0.859. The van der Waals surface area contributed by atoms with Crippen molar-refractivity contribution in [3.8, 4) is 0 Å². The Hall–Kier alpha value is -0.0800. The van der Waals surface area contributed by atoms with Crippen LogP contribution in [0.15, 0.2) is 0 Å². The molecule has 0 atom stereocenters. The topological polar surface area (TPSA) is 15.3 Å². The summed E-state index contributed by atoms with van der Waals surface area (Å²) >= 11 is 0. The van der Waals surface area contributed by atoms with Crippen LogP contribution >= 0.6 is 0 Å². The molecule has 2 heteroatoms. The van der Waals surface area contributed by atoms with E-state index in [1.165, 1.54) is 51.7 Å². The van der Waals surface area contributed by atoms with Crippen LogP contribution in [0.1, 0.15) is 39.0 Å². The predicted molar refractivity (Wildman–Crippen MR) is 55.9 cm³/mol. The largest absolute Gasteiger partial charge is 0.313 e. The normalized spacial score (nSPS) is 23.5. The van der Waals surface area contributed by atoms with Gasteiger partial charge in [0.25, 0.3) is 0 Å². The highest BCUT2D eigenvalue weighted by atomic mass is 15.2. The third kappa shape index (κ3) is 2.68. The summed E-state index contributed by atoms with van der Waals surface area (Å²) in [5.41, 5.74) is 0. The zero-order valence-electron chi connectivity index (χ0n) is 8.76. The summed E-state index contributed by atoms with van der Waals surface area (Å²) < 4.78 is 0. The first kappa shape index (κ1) is 9.47. The maximum absolute atomic E-state index is 3.62. The molecule has 0 aromatic rings. The lowest BCUT2D eigenvalue weighted by atomic mass is 9.93. The van der Waals surface area contributed by atoms with Crippen molar-refractivity contribution in [2.45, 2.75) is 51.1 Å². The molecule has 2 nitrogen and oxygen atoms in total. The van der Waals surface area contributed by atoms with Crippen LogP contribution in [-0.4, -0.2) is 36.6 Å². The second kappa shape index (κ2) is 4.43. The lowest BCUT2D eigenvalue weighted by Gasteiger charge is -2.28. The molecule has 2 saturated carbocycles. The number of rotatable bonds is 6. The van der Waals surface area contributed by atoms with Crippen LogP contribution in [0.3, 0.4) is 0 Å². The molecule has 0 saturated heterocycles. The van der Waals surface area contributed by atoms with Gasteiger partial charge in [0.1, 0.15) is 0 Å². The van der Waals surface area contributed by atoms with Gasteiger partial charge >= 0.3 is 0 Å². The summed E-state index contributed by atoms with van der Waals surface area (Å²) in [6.07, 6.45) is 7.15. The average molecular weight is 182 g/mol. The molecule has 0 bridgehead atoms. The molecule has 0 amide bonds. The van der Waals surface area contributed by atoms with Crippen molar-refractivity contribution in [2.75, 3.05) is 19.6 Å². The summed E-state index contributed by atoms with van der Waals surface area (Å²) in [4.78, 5) is 2.62. The third-order valence-corrected chi connectivity index (χ3v) is 3.41. The van der Waals surface area contributed by atoms with Gasteiger partial charge in [-0.15, -0.1) is 0 Å². The maximum Gasteiger partial charge on any atom is 0.0110 e. The second-order valence-electron chi connectivity index (χ2n) is 4.44. The molecule has 76 valence electrons. The smallest absolute Gasteiger partial charge is 0.0110 e. The van der Waals surface area contributed by atoms with Crippen molar-refractivity contribution in [3.05, 3.63) is 0 Å². The molecule has 2 rings (SSSR count). The fraction of sp³-hybridized carbons (Fsp3) is 1.00. The Morgan fingerprint density at radius 1 is 1.23 bits per heavy atom. The fourth-order valence-electron chi connectivity index (χ4n) is 2.06. The van der Waals surface area contributed by atoms with E-state index in [2.05, 4.69) is 17.1 Å². The van der Waals surface area contributed by atoms with Crippen molar-refractivity contribution in [1.82, 2.24) is 10.2 Å². The summed E-state index contributed by atoms with van der Waals surface area (Å²) in [5.74, 6) is 0. The van der Waals surface area contributed by atoms with Crippen LogP contribution in [0, 0.1) is 0 Å². The molecule has 2 fully saturated rings. The second-order valence-corrected chi connectivity index (χ2v) is 4.44. The maximum atomic E-state index is 3.62. The molecule has 2 aliphatic rings. The summed E-state index contributed by atoms with van der Waals surface area (Å²) in [6.45, 7) is 5.98. The van der Waals surface area contributed by atoms with Crippen LogP contribution in [0.5, 0.6) is 0 Å². The van der Waals surface area contributed by atoms with E-state index in [-0.39, 0.29) is 0 Å². The minimum Gasteiger partial charge on any atom is -0.313 e. The number of nitrogens with one attached hydrogen (secondary N) is 1. The van der Waals surface area contributed by atoms with E-state index in [9.17, 15) is 0 Å². The Morgan fingerprint density at radius 2 is 2.00 bits per heavy atom. The molecule has 1 N–H and O–H groups in total. The van der Waals surface area contributed by atoms with E-state index < -0.39 is 0 Å². The van der Waals surface area contributed by atoms with E-state index in [1.807, 2.05) is 0 Å². The quantitative estimate of drug-likeness (QED) is 0.671. The highest BCUT2D eigenvalue weighted by molar-refractivity contribution is 4.84. The molecule has 0 aromatic heterocycles. The van der Waals surface area contributed by atoms with Gasteiger partial charge in [-0.25, -0.2) is 0 Å². The number of hydrogen-bond donors (Lipinski definition) is 1. The Morgan fingerprint density at radius 3 is 2.46 bits per heavy atom. The van der Waals surface area contributed by atoms with Crippen LogP contribution in [0.25, 0.3) is 0 Å². The van der Waals surface area contributed by atoms with Crippen LogP contribution in [0.4, 0.5) is 0 Å². The highest BCUT2D eigenvalue weighted by Gasteiger charge is 2.27. The first-order chi connectivity index (χ1) is 6.40. The monoisotopic (exact) mass is 182 g/mol. The molecule has 2 aliphatic carbocycles. The zero-order chi connectivity index (χ0) is 9.10. The van der Waals surface area contributed by atoms with E-state index in [0.29, 0.717) is 0 Å². The van der Waals surface area contributed by atoms with Crippen molar-refractivity contribution in [1.29, 1.82) is 0 Å². The molecule has 0 aliphatic heterocycles. The molecule has 0 radical (unpaired) electrons. The Balaban J connectivity index is 1.54. The van der Waals surface area contributed by atoms with Crippen molar-refractivity contribution >= 4 is 0 Å². The number of hydrogen-bond acceptors (Lipinski definition) is 2. The third-order valence-electron chi connectivity index (χ3n) is 3.41. The summed E-state index contributed by atoms with van der Waals surface area (Å²) in [5, 5.41) is 3.62. The first-order valence-electron chi connectivity index (χ1n) is 5.87. The molecule has 0 heterocycles. The minimum absolute atomic E-state index is 0.859. The molecular formula is C11H22N2. The van der Waals surface area contributed by atoms with E-state index in [1.54, 1.807) is 0 Å². The van der Waals surface area contributed by atoms with Gasteiger partial charge in [-0.05, 0) is 32.2 Å². The van der Waals surface area contributed by atoms with Gasteiger partial charge in [0.05, 0.1) is 0 Å². The number of nitrogens with zero attached hydrogens (tertiary/aromatic N) is 1. The van der Waals surface area contributed by atoms with Crippen LogP contribution in [-0.2, 0) is 0 Å². The van der Waals surface area contributed by atoms with Crippen LogP contribution in [0.2, 0.25) is 0 Å². The SMILES string of the molecule is CCN(CCNC1CCC1)C1CC1. The Bertz CT molecular complexity index is 150. The van der Waals surface area contributed by atoms with Gasteiger partial charge in [0.2, 0.25) is 0 Å². The molecule has 0 spiro atoms. The molecule has 0 aromatic carbocycles. The van der Waals surface area contributed by atoms with Gasteiger partial charge in [0.15, 0.2) is 0 Å². The van der Waals surface area contributed by atoms with Gasteiger partial charge in [-0.2, -0.15) is 0 Å². The standard InChI is InChI=1S/C11H22N2/c1-2-13(11-6-7-11)9-8-12-10-4-3-5-10/h10-12H,2-9H2,1H3. The first-order valence-corrected chi connectivity index (χ1v) is 5.87. The van der Waals surface area contributed by atoms with Crippen molar-refractivity contribution in [2.24, 2.45) is 0 Å².